The maximum Gasteiger partial charge on any atom is 0.319 e. The van der Waals surface area contributed by atoms with E-state index in [0.717, 1.165) is 22.5 Å². The van der Waals surface area contributed by atoms with Crippen LogP contribution in [0.15, 0.2) is 73.1 Å². The fourth-order valence-electron chi connectivity index (χ4n) is 3.22. The van der Waals surface area contributed by atoms with Crippen molar-refractivity contribution in [1.82, 2.24) is 14.7 Å². The van der Waals surface area contributed by atoms with Crippen LogP contribution in [0.2, 0.25) is 0 Å². The van der Waals surface area contributed by atoms with Crippen LogP contribution in [-0.4, -0.2) is 29.6 Å². The normalized spacial score (nSPS) is 10.6. The van der Waals surface area contributed by atoms with Crippen molar-refractivity contribution in [1.29, 1.82) is 0 Å². The number of nitrogens with zero attached hydrogens (tertiary/aromatic N) is 2. The molecule has 0 bridgehead atoms. The van der Waals surface area contributed by atoms with Gasteiger partial charge >= 0.3 is 6.03 Å². The predicted octanol–water partition coefficient (Wildman–Crippen LogP) is 4.34. The highest BCUT2D eigenvalue weighted by atomic mass is 16.5. The molecule has 0 aliphatic heterocycles. The van der Waals surface area contributed by atoms with E-state index >= 15 is 0 Å². The monoisotopic (exact) mass is 402 g/mol. The molecule has 2 amide bonds. The van der Waals surface area contributed by atoms with Crippen molar-refractivity contribution in [3.8, 4) is 22.8 Å². The number of hydrogen-bond donors (Lipinski definition) is 2. The van der Waals surface area contributed by atoms with Crippen LogP contribution >= 0.6 is 0 Å². The van der Waals surface area contributed by atoms with Gasteiger partial charge in [0.15, 0.2) is 11.5 Å². The first-order chi connectivity index (χ1) is 14.7. The van der Waals surface area contributed by atoms with E-state index in [4.69, 9.17) is 9.47 Å². The topological polar surface area (TPSA) is 76.9 Å². The number of benzene rings is 2. The van der Waals surface area contributed by atoms with Crippen molar-refractivity contribution in [3.05, 3.63) is 78.6 Å². The summed E-state index contributed by atoms with van der Waals surface area (Å²) in [5.41, 5.74) is 4.07. The molecule has 0 saturated heterocycles. The number of imidazole rings is 1. The summed E-state index contributed by atoms with van der Waals surface area (Å²) in [6, 6.07) is 18.7. The Morgan fingerprint density at radius 2 is 1.80 bits per heavy atom. The lowest BCUT2D eigenvalue weighted by atomic mass is 10.1. The van der Waals surface area contributed by atoms with Crippen molar-refractivity contribution in [2.75, 3.05) is 19.5 Å². The summed E-state index contributed by atoms with van der Waals surface area (Å²) in [6.07, 6.45) is 3.88. The zero-order valence-corrected chi connectivity index (χ0v) is 16.8. The molecule has 2 aromatic heterocycles. The van der Waals surface area contributed by atoms with Crippen LogP contribution in [0, 0.1) is 0 Å². The number of pyridine rings is 1. The van der Waals surface area contributed by atoms with Gasteiger partial charge in [0.05, 0.1) is 25.6 Å². The summed E-state index contributed by atoms with van der Waals surface area (Å²) >= 11 is 0. The fraction of sp³-hybridized carbons (Fsp3) is 0.130. The molecular weight excluding hydrogens is 380 g/mol. The highest BCUT2D eigenvalue weighted by Gasteiger charge is 2.12. The summed E-state index contributed by atoms with van der Waals surface area (Å²) in [5.74, 6) is 1.27. The van der Waals surface area contributed by atoms with E-state index in [1.807, 2.05) is 77.5 Å². The molecule has 7 heteroatoms. The van der Waals surface area contributed by atoms with Crippen molar-refractivity contribution >= 4 is 17.4 Å². The van der Waals surface area contributed by atoms with E-state index in [0.29, 0.717) is 23.7 Å². The van der Waals surface area contributed by atoms with Crippen LogP contribution < -0.4 is 20.1 Å². The molecule has 152 valence electrons. The summed E-state index contributed by atoms with van der Waals surface area (Å²) in [7, 11) is 3.17. The van der Waals surface area contributed by atoms with Crippen LogP contribution in [0.1, 0.15) is 5.56 Å². The fourth-order valence-corrected chi connectivity index (χ4v) is 3.22. The number of methoxy groups -OCH3 is 2. The Hall–Kier alpha value is -4.00. The number of nitrogens with one attached hydrogen (secondary N) is 2. The van der Waals surface area contributed by atoms with Gasteiger partial charge < -0.3 is 24.5 Å². The molecule has 0 radical (unpaired) electrons. The van der Waals surface area contributed by atoms with Gasteiger partial charge in [-0.05, 0) is 35.9 Å². The van der Waals surface area contributed by atoms with E-state index in [-0.39, 0.29) is 6.03 Å². The number of rotatable bonds is 6. The van der Waals surface area contributed by atoms with Crippen molar-refractivity contribution in [2.45, 2.75) is 6.54 Å². The smallest absolute Gasteiger partial charge is 0.319 e. The lowest BCUT2D eigenvalue weighted by molar-refractivity contribution is 0.251. The molecule has 2 N–H and O–H groups in total. The van der Waals surface area contributed by atoms with Crippen LogP contribution in [0.3, 0.4) is 0 Å². The van der Waals surface area contributed by atoms with E-state index in [9.17, 15) is 4.79 Å². The van der Waals surface area contributed by atoms with Crippen molar-refractivity contribution < 1.29 is 14.3 Å². The molecule has 0 aliphatic carbocycles. The second kappa shape index (κ2) is 8.57. The molecule has 0 unspecified atom stereocenters. The standard InChI is InChI=1S/C23H22N4O3/c1-29-20-11-10-16(13-21(20)30-2)14-24-23(28)26-18-8-4-3-7-17(18)19-15-27-12-6-5-9-22(27)25-19/h3-13,15H,14H2,1-2H3,(H2,24,26,28). The van der Waals surface area contributed by atoms with E-state index in [2.05, 4.69) is 15.6 Å². The second-order valence-corrected chi connectivity index (χ2v) is 6.63. The Labute approximate surface area is 174 Å². The minimum absolute atomic E-state index is 0.305. The molecule has 0 atom stereocenters. The van der Waals surface area contributed by atoms with Gasteiger partial charge in [-0.25, -0.2) is 9.78 Å². The molecule has 0 saturated carbocycles. The predicted molar refractivity (Wildman–Crippen MR) is 116 cm³/mol. The van der Waals surface area contributed by atoms with Gasteiger partial charge in [0, 0.05) is 24.5 Å². The number of carbonyl (C=O) groups is 1. The SMILES string of the molecule is COc1ccc(CNC(=O)Nc2ccccc2-c2cn3ccccc3n2)cc1OC. The molecule has 7 nitrogen and oxygen atoms in total. The average molecular weight is 402 g/mol. The van der Waals surface area contributed by atoms with Gasteiger partial charge in [0.25, 0.3) is 0 Å². The summed E-state index contributed by atoms with van der Waals surface area (Å²) in [4.78, 5) is 17.2. The van der Waals surface area contributed by atoms with E-state index in [1.54, 1.807) is 14.2 Å². The molecule has 2 aromatic carbocycles. The van der Waals surface area contributed by atoms with Gasteiger partial charge in [-0.3, -0.25) is 0 Å². The number of aromatic nitrogens is 2. The highest BCUT2D eigenvalue weighted by molar-refractivity contribution is 5.94. The Morgan fingerprint density at radius 3 is 2.60 bits per heavy atom. The van der Waals surface area contributed by atoms with Crippen LogP contribution in [0.4, 0.5) is 10.5 Å². The number of amides is 2. The van der Waals surface area contributed by atoms with Gasteiger partial charge in [-0.1, -0.05) is 30.3 Å². The number of fused-ring (bicyclic) bond motifs is 1. The van der Waals surface area contributed by atoms with Crippen LogP contribution in [0.25, 0.3) is 16.9 Å². The first-order valence-electron chi connectivity index (χ1n) is 9.47. The largest absolute Gasteiger partial charge is 0.493 e. The Kier molecular flexibility index (Phi) is 5.52. The summed E-state index contributed by atoms with van der Waals surface area (Å²) in [6.45, 7) is 0.350. The molecule has 4 rings (SSSR count). The minimum atomic E-state index is -0.305. The molecular formula is C23H22N4O3. The third kappa shape index (κ3) is 4.05. The van der Waals surface area contributed by atoms with Gasteiger partial charge in [0.2, 0.25) is 0 Å². The molecule has 0 spiro atoms. The van der Waals surface area contributed by atoms with Gasteiger partial charge in [-0.15, -0.1) is 0 Å². The average Bonchev–Trinajstić information content (AvgIpc) is 3.22. The minimum Gasteiger partial charge on any atom is -0.493 e. The first-order valence-corrected chi connectivity index (χ1v) is 9.47. The number of ether oxygens (including phenoxy) is 2. The van der Waals surface area contributed by atoms with Crippen molar-refractivity contribution in [3.63, 3.8) is 0 Å². The van der Waals surface area contributed by atoms with Crippen LogP contribution in [-0.2, 0) is 6.54 Å². The Balaban J connectivity index is 1.48. The third-order valence-electron chi connectivity index (χ3n) is 4.72. The van der Waals surface area contributed by atoms with Crippen molar-refractivity contribution in [2.24, 2.45) is 0 Å². The number of hydrogen-bond acceptors (Lipinski definition) is 4. The van der Waals surface area contributed by atoms with Crippen LogP contribution in [0.5, 0.6) is 11.5 Å². The Bertz CT molecular complexity index is 1150. The highest BCUT2D eigenvalue weighted by Crippen LogP contribution is 2.28. The molecule has 0 fully saturated rings. The molecule has 2 heterocycles. The zero-order chi connectivity index (χ0) is 20.9. The quantitative estimate of drug-likeness (QED) is 0.503. The molecule has 30 heavy (non-hydrogen) atoms. The molecule has 4 aromatic rings. The number of para-hydroxylation sites is 1. The lowest BCUT2D eigenvalue weighted by Gasteiger charge is -2.12. The zero-order valence-electron chi connectivity index (χ0n) is 16.8. The molecule has 0 aliphatic rings. The first kappa shape index (κ1) is 19.3. The number of urea groups is 1. The lowest BCUT2D eigenvalue weighted by Crippen LogP contribution is -2.28. The maximum atomic E-state index is 12.5. The number of carbonyl (C=O) groups excluding carboxylic acids is 1. The van der Waals surface area contributed by atoms with Gasteiger partial charge in [0.1, 0.15) is 5.65 Å². The van der Waals surface area contributed by atoms with E-state index in [1.165, 1.54) is 0 Å². The van der Waals surface area contributed by atoms with Gasteiger partial charge in [-0.2, -0.15) is 0 Å². The maximum absolute atomic E-state index is 12.5. The Morgan fingerprint density at radius 1 is 1.00 bits per heavy atom. The summed E-state index contributed by atoms with van der Waals surface area (Å²) < 4.78 is 12.5. The second-order valence-electron chi connectivity index (χ2n) is 6.63. The number of anilines is 1. The van der Waals surface area contributed by atoms with E-state index < -0.39 is 0 Å². The summed E-state index contributed by atoms with van der Waals surface area (Å²) in [5, 5.41) is 5.79. The third-order valence-corrected chi connectivity index (χ3v) is 4.72.